The van der Waals surface area contributed by atoms with Gasteiger partial charge in [-0.25, -0.2) is 4.39 Å². The van der Waals surface area contributed by atoms with E-state index in [1.54, 1.807) is 0 Å². The molecule has 0 radical (unpaired) electrons. The minimum absolute atomic E-state index is 0.0724. The Labute approximate surface area is 98.9 Å². The molecule has 0 heterocycles. The van der Waals surface area contributed by atoms with Gasteiger partial charge in [-0.15, -0.1) is 12.1 Å². The minimum atomic E-state index is -0.942. The molecule has 14 heavy (non-hydrogen) atoms. The number of ether oxygens (including phenoxy) is 1. The number of rotatable bonds is 3. The van der Waals surface area contributed by atoms with Gasteiger partial charge in [-0.05, 0) is 6.42 Å². The molecule has 0 aromatic heterocycles. The molecule has 1 rings (SSSR count). The van der Waals surface area contributed by atoms with Crippen LogP contribution in [0.2, 0.25) is 0 Å². The monoisotopic (exact) mass is 314 g/mol. The number of hydrogen-bond donors (Lipinski definition) is 0. The summed E-state index contributed by atoms with van der Waals surface area (Å²) < 4.78 is 30.2. The first-order valence-electron chi connectivity index (χ1n) is 4.00. The van der Waals surface area contributed by atoms with Crippen LogP contribution in [0.5, 0.6) is 5.75 Å². The normalized spacial score (nSPS) is 9.00. The van der Waals surface area contributed by atoms with E-state index in [-0.39, 0.29) is 5.75 Å². The predicted octanol–water partition coefficient (Wildman–Crippen LogP) is 3.40. The first kappa shape index (κ1) is 14.0. The summed E-state index contributed by atoms with van der Waals surface area (Å²) in [7, 11) is 0. The van der Waals surface area contributed by atoms with Crippen LogP contribution in [0.15, 0.2) is 12.1 Å². The molecule has 0 spiro atoms. The van der Waals surface area contributed by atoms with Crippen molar-refractivity contribution < 1.29 is 29.9 Å². The van der Waals surface area contributed by atoms with Gasteiger partial charge in [-0.2, -0.15) is 6.07 Å². The van der Waals surface area contributed by atoms with Crippen LogP contribution in [-0.2, 0) is 16.3 Å². The summed E-state index contributed by atoms with van der Waals surface area (Å²) in [4.78, 5) is 0. The Hall–Kier alpha value is -0.0166. The molecule has 1 aromatic rings. The average molecular weight is 316 g/mol. The number of halogens is 3. The fraction of sp³-hybridized carbons (Fsp3) is 0.333. The molecule has 0 fully saturated rings. The summed E-state index contributed by atoms with van der Waals surface area (Å²) in [5.74, 6) is -1.94. The van der Waals surface area contributed by atoms with Gasteiger partial charge in [0.15, 0.2) is 0 Å². The van der Waals surface area contributed by atoms with Crippen LogP contribution in [-0.4, -0.2) is 6.61 Å². The van der Waals surface area contributed by atoms with Gasteiger partial charge in [0, 0.05) is 11.6 Å². The maximum atomic E-state index is 12.8. The third-order valence-electron chi connectivity index (χ3n) is 1.31. The van der Waals surface area contributed by atoms with Crippen molar-refractivity contribution in [1.82, 2.24) is 0 Å². The fourth-order valence-corrected chi connectivity index (χ4v) is 0.752. The number of hydrogen-bond acceptors (Lipinski definition) is 1. The number of benzene rings is 1. The second-order valence-corrected chi connectivity index (χ2v) is 2.33. The van der Waals surface area contributed by atoms with E-state index in [2.05, 4.69) is 19.7 Å². The van der Waals surface area contributed by atoms with Gasteiger partial charge in [-0.3, -0.25) is 4.39 Å². The fourth-order valence-electron chi connectivity index (χ4n) is 0.752. The van der Waals surface area contributed by atoms with Crippen LogP contribution >= 0.6 is 13.6 Å². The molecule has 0 unspecified atom stereocenters. The van der Waals surface area contributed by atoms with Crippen LogP contribution in [0.4, 0.5) is 8.78 Å². The summed E-state index contributed by atoms with van der Waals surface area (Å²) in [5, 5.41) is 0. The maximum absolute atomic E-state index is 12.8. The molecule has 0 aliphatic carbocycles. The van der Waals surface area contributed by atoms with Gasteiger partial charge >= 0.3 is 30.0 Å². The van der Waals surface area contributed by atoms with Gasteiger partial charge in [0.25, 0.3) is 0 Å². The van der Waals surface area contributed by atoms with E-state index in [0.717, 1.165) is 12.5 Å². The van der Waals surface area contributed by atoms with E-state index in [1.165, 1.54) is 22.4 Å². The van der Waals surface area contributed by atoms with Gasteiger partial charge in [0.05, 0.1) is 12.4 Å². The Morgan fingerprint density at radius 1 is 1.43 bits per heavy atom. The standard InChI is InChI=1S/C9H9F2O.BrH.Zn/c1-2-6-12-8-5-3-4-7(10)9(8)11;;/h4-5H,2,6H2,1H3;1H;/q-1;;+2/p-1. The van der Waals surface area contributed by atoms with Crippen molar-refractivity contribution in [3.8, 4) is 5.75 Å². The summed E-state index contributed by atoms with van der Waals surface area (Å²) >= 11 is 4.25. The van der Waals surface area contributed by atoms with Gasteiger partial charge in [-0.1, -0.05) is 6.92 Å². The zero-order chi connectivity index (χ0) is 11.0. The Bertz CT molecular complexity index is 271. The van der Waals surface area contributed by atoms with E-state index < -0.39 is 11.6 Å². The summed E-state index contributed by atoms with van der Waals surface area (Å²) in [6, 6.07) is 4.66. The molecule has 0 atom stereocenters. The van der Waals surface area contributed by atoms with Gasteiger partial charge in [0.2, 0.25) is 0 Å². The quantitative estimate of drug-likeness (QED) is 0.613. The molecule has 0 saturated heterocycles. The second-order valence-electron chi connectivity index (χ2n) is 2.33. The van der Waals surface area contributed by atoms with Crippen molar-refractivity contribution in [2.75, 3.05) is 6.61 Å². The van der Waals surface area contributed by atoms with E-state index in [0.29, 0.717) is 6.61 Å². The third-order valence-corrected chi connectivity index (χ3v) is 1.31. The Balaban J connectivity index is 0.000000791. The van der Waals surface area contributed by atoms with Gasteiger partial charge in [0.1, 0.15) is 0 Å². The first-order chi connectivity index (χ1) is 6.75. The van der Waals surface area contributed by atoms with Crippen LogP contribution in [0, 0.1) is 17.7 Å². The predicted molar refractivity (Wildman–Crippen MR) is 49.9 cm³/mol. The van der Waals surface area contributed by atoms with Crippen molar-refractivity contribution in [3.63, 3.8) is 0 Å². The Morgan fingerprint density at radius 3 is 2.64 bits per heavy atom. The van der Waals surface area contributed by atoms with Crippen LogP contribution in [0.1, 0.15) is 13.3 Å². The Morgan fingerprint density at radius 2 is 2.07 bits per heavy atom. The third kappa shape index (κ3) is 4.47. The topological polar surface area (TPSA) is 9.23 Å². The Kier molecular flexibility index (Phi) is 8.29. The van der Waals surface area contributed by atoms with E-state index in [1.807, 2.05) is 6.92 Å². The molecule has 1 aromatic carbocycles. The summed E-state index contributed by atoms with van der Waals surface area (Å²) in [6.07, 6.45) is 0.760. The molecule has 0 amide bonds. The molecule has 0 saturated carbocycles. The molecule has 0 aliphatic heterocycles. The van der Waals surface area contributed by atoms with Crippen LogP contribution < -0.4 is 4.74 Å². The van der Waals surface area contributed by atoms with Crippen molar-refractivity contribution in [2.24, 2.45) is 0 Å². The molecule has 74 valence electrons. The van der Waals surface area contributed by atoms with Crippen molar-refractivity contribution in [2.45, 2.75) is 13.3 Å². The molecule has 0 aliphatic rings. The van der Waals surface area contributed by atoms with E-state index in [9.17, 15) is 8.78 Å². The van der Waals surface area contributed by atoms with Crippen LogP contribution in [0.3, 0.4) is 0 Å². The zero-order valence-electron chi connectivity index (χ0n) is 7.82. The zero-order valence-corrected chi connectivity index (χ0v) is 12.4. The first-order valence-corrected chi connectivity index (χ1v) is 10.9. The molecule has 0 N–H and O–H groups in total. The van der Waals surface area contributed by atoms with Crippen molar-refractivity contribution in [3.05, 3.63) is 29.8 Å². The SMILES string of the molecule is CCCOc1c[c-]cc(F)c1F.[Zn+][Br]. The molecular formula is C9H9BrF2OZn. The summed E-state index contributed by atoms with van der Waals surface area (Å²) in [5.41, 5.74) is 0. The average Bonchev–Trinajstić information content (AvgIpc) is 2.23. The van der Waals surface area contributed by atoms with Crippen molar-refractivity contribution in [1.29, 1.82) is 0 Å². The van der Waals surface area contributed by atoms with E-state index >= 15 is 0 Å². The van der Waals surface area contributed by atoms with Crippen molar-refractivity contribution >= 4 is 13.6 Å². The molecule has 5 heteroatoms. The molecule has 0 bridgehead atoms. The molecular weight excluding hydrogens is 307 g/mol. The molecule has 1 nitrogen and oxygen atoms in total. The second kappa shape index (κ2) is 8.30. The van der Waals surface area contributed by atoms with Gasteiger partial charge < -0.3 is 4.74 Å². The van der Waals surface area contributed by atoms with E-state index in [4.69, 9.17) is 4.74 Å². The summed E-state index contributed by atoms with van der Waals surface area (Å²) in [6.45, 7) is 2.27. The van der Waals surface area contributed by atoms with Crippen LogP contribution in [0.25, 0.3) is 0 Å².